The molecule has 0 aromatic heterocycles. The predicted molar refractivity (Wildman–Crippen MR) is 65.0 cm³/mol. The van der Waals surface area contributed by atoms with E-state index >= 15 is 0 Å². The highest BCUT2D eigenvalue weighted by molar-refractivity contribution is 5.77. The number of hydrogen-bond donors (Lipinski definition) is 2. The van der Waals surface area contributed by atoms with Crippen molar-refractivity contribution in [3.8, 4) is 0 Å². The second kappa shape index (κ2) is 6.67. The molecule has 3 N–H and O–H groups in total. The van der Waals surface area contributed by atoms with Crippen LogP contribution in [0.5, 0.6) is 0 Å². The van der Waals surface area contributed by atoms with E-state index in [0.29, 0.717) is 5.96 Å². The molecule has 1 saturated heterocycles. The molecular formula is C11H24N4. The predicted octanol–water partition coefficient (Wildman–Crippen LogP) is 0.643. The largest absolute Gasteiger partial charge is 0.370 e. The highest BCUT2D eigenvalue weighted by Crippen LogP contribution is 2.15. The Bertz CT molecular complexity index is 195. The lowest BCUT2D eigenvalue weighted by Crippen LogP contribution is -2.36. The number of rotatable bonds is 4. The van der Waals surface area contributed by atoms with Crippen LogP contribution in [0.15, 0.2) is 4.99 Å². The molecule has 0 aliphatic carbocycles. The topological polar surface area (TPSA) is 53.6 Å². The van der Waals surface area contributed by atoms with Gasteiger partial charge in [-0.25, -0.2) is 0 Å². The van der Waals surface area contributed by atoms with E-state index in [-0.39, 0.29) is 0 Å². The Morgan fingerprint density at radius 3 is 2.73 bits per heavy atom. The summed E-state index contributed by atoms with van der Waals surface area (Å²) in [5, 5.41) is 3.00. The molecule has 0 aromatic rings. The summed E-state index contributed by atoms with van der Waals surface area (Å²) in [7, 11) is 0. The van der Waals surface area contributed by atoms with Crippen molar-refractivity contribution in [3.63, 3.8) is 0 Å². The van der Waals surface area contributed by atoms with Gasteiger partial charge in [-0.15, -0.1) is 0 Å². The Hall–Kier alpha value is -0.770. The fourth-order valence-electron chi connectivity index (χ4n) is 1.83. The van der Waals surface area contributed by atoms with E-state index in [1.165, 1.54) is 25.9 Å². The summed E-state index contributed by atoms with van der Waals surface area (Å²) >= 11 is 0. The monoisotopic (exact) mass is 212 g/mol. The first kappa shape index (κ1) is 12.3. The van der Waals surface area contributed by atoms with Crippen LogP contribution in [0.2, 0.25) is 0 Å². The molecule has 0 bridgehead atoms. The molecule has 0 unspecified atom stereocenters. The van der Waals surface area contributed by atoms with Crippen molar-refractivity contribution >= 4 is 5.96 Å². The molecule has 1 rings (SSSR count). The van der Waals surface area contributed by atoms with Crippen LogP contribution in [0, 0.1) is 5.92 Å². The molecule has 1 heterocycles. The van der Waals surface area contributed by atoms with Crippen molar-refractivity contribution in [2.75, 3.05) is 32.7 Å². The van der Waals surface area contributed by atoms with Crippen LogP contribution >= 0.6 is 0 Å². The Labute approximate surface area is 92.9 Å². The van der Waals surface area contributed by atoms with Crippen LogP contribution in [0.4, 0.5) is 0 Å². The zero-order chi connectivity index (χ0) is 11.1. The summed E-state index contributed by atoms with van der Waals surface area (Å²) in [5.74, 6) is 1.47. The first-order chi connectivity index (χ1) is 7.22. The van der Waals surface area contributed by atoms with Gasteiger partial charge in [-0.3, -0.25) is 4.99 Å². The first-order valence-electron chi connectivity index (χ1n) is 5.98. The third kappa shape index (κ3) is 5.02. The van der Waals surface area contributed by atoms with E-state index in [2.05, 4.69) is 22.1 Å². The maximum Gasteiger partial charge on any atom is 0.188 e. The van der Waals surface area contributed by atoms with Gasteiger partial charge < -0.3 is 16.0 Å². The van der Waals surface area contributed by atoms with Crippen molar-refractivity contribution in [2.24, 2.45) is 16.6 Å². The van der Waals surface area contributed by atoms with Gasteiger partial charge >= 0.3 is 0 Å². The number of nitrogens with one attached hydrogen (secondary N) is 1. The molecule has 4 nitrogen and oxygen atoms in total. The van der Waals surface area contributed by atoms with Gasteiger partial charge in [0.25, 0.3) is 0 Å². The van der Waals surface area contributed by atoms with Gasteiger partial charge in [0.1, 0.15) is 0 Å². The Balaban J connectivity index is 2.12. The Morgan fingerprint density at radius 2 is 2.13 bits per heavy atom. The third-order valence-corrected chi connectivity index (χ3v) is 2.93. The van der Waals surface area contributed by atoms with Gasteiger partial charge in [0, 0.05) is 13.1 Å². The second-order valence-electron chi connectivity index (χ2n) is 4.32. The van der Waals surface area contributed by atoms with E-state index < -0.39 is 0 Å². The fourth-order valence-corrected chi connectivity index (χ4v) is 1.83. The maximum absolute atomic E-state index is 5.64. The van der Waals surface area contributed by atoms with Gasteiger partial charge in [-0.05, 0) is 38.8 Å². The van der Waals surface area contributed by atoms with Crippen LogP contribution in [0.1, 0.15) is 26.7 Å². The summed E-state index contributed by atoms with van der Waals surface area (Å²) < 4.78 is 0. The van der Waals surface area contributed by atoms with Crippen molar-refractivity contribution in [3.05, 3.63) is 0 Å². The minimum Gasteiger partial charge on any atom is -0.370 e. The SMILES string of the molecule is CCNC(N)=NCCN1CCC(C)CC1. The molecule has 1 aliphatic heterocycles. The van der Waals surface area contributed by atoms with Gasteiger partial charge in [0.05, 0.1) is 6.54 Å². The third-order valence-electron chi connectivity index (χ3n) is 2.93. The summed E-state index contributed by atoms with van der Waals surface area (Å²) in [6.07, 6.45) is 2.65. The number of aliphatic imine (C=N–C) groups is 1. The highest BCUT2D eigenvalue weighted by Gasteiger charge is 2.14. The summed E-state index contributed by atoms with van der Waals surface area (Å²) in [5.41, 5.74) is 5.64. The molecule has 0 saturated carbocycles. The number of nitrogens with two attached hydrogens (primary N) is 1. The second-order valence-corrected chi connectivity index (χ2v) is 4.32. The smallest absolute Gasteiger partial charge is 0.188 e. The van der Waals surface area contributed by atoms with Crippen molar-refractivity contribution in [1.82, 2.24) is 10.2 Å². The van der Waals surface area contributed by atoms with Crippen LogP contribution in [-0.4, -0.2) is 43.6 Å². The molecule has 88 valence electrons. The molecule has 15 heavy (non-hydrogen) atoms. The molecule has 4 heteroatoms. The number of piperidine rings is 1. The van der Waals surface area contributed by atoms with Crippen molar-refractivity contribution in [1.29, 1.82) is 0 Å². The number of hydrogen-bond acceptors (Lipinski definition) is 2. The fraction of sp³-hybridized carbons (Fsp3) is 0.909. The minimum absolute atomic E-state index is 0.572. The number of likely N-dealkylation sites (tertiary alicyclic amines) is 1. The normalized spacial score (nSPS) is 20.5. The maximum atomic E-state index is 5.64. The molecule has 0 aromatic carbocycles. The lowest BCUT2D eigenvalue weighted by Gasteiger charge is -2.29. The Morgan fingerprint density at radius 1 is 1.47 bits per heavy atom. The number of guanidine groups is 1. The van der Waals surface area contributed by atoms with E-state index in [9.17, 15) is 0 Å². The van der Waals surface area contributed by atoms with Crippen molar-refractivity contribution < 1.29 is 0 Å². The molecule has 0 amide bonds. The van der Waals surface area contributed by atoms with E-state index in [1.54, 1.807) is 0 Å². The average molecular weight is 212 g/mol. The van der Waals surface area contributed by atoms with Crippen LogP contribution in [0.25, 0.3) is 0 Å². The van der Waals surface area contributed by atoms with Gasteiger partial charge in [-0.2, -0.15) is 0 Å². The van der Waals surface area contributed by atoms with Gasteiger partial charge in [-0.1, -0.05) is 6.92 Å². The zero-order valence-electron chi connectivity index (χ0n) is 10.00. The highest BCUT2D eigenvalue weighted by atomic mass is 15.2. The summed E-state index contributed by atoms with van der Waals surface area (Å²) in [6, 6.07) is 0. The molecular weight excluding hydrogens is 188 g/mol. The average Bonchev–Trinajstić information content (AvgIpc) is 2.21. The molecule has 0 radical (unpaired) electrons. The van der Waals surface area contributed by atoms with E-state index in [0.717, 1.165) is 25.6 Å². The minimum atomic E-state index is 0.572. The summed E-state index contributed by atoms with van der Waals surface area (Å²) in [6.45, 7) is 9.49. The van der Waals surface area contributed by atoms with E-state index in [1.807, 2.05) is 6.92 Å². The van der Waals surface area contributed by atoms with Gasteiger partial charge in [0.15, 0.2) is 5.96 Å². The standard InChI is InChI=1S/C11H24N4/c1-3-13-11(12)14-6-9-15-7-4-10(2)5-8-15/h10H,3-9H2,1-2H3,(H3,12,13,14). The molecule has 0 spiro atoms. The lowest BCUT2D eigenvalue weighted by atomic mass is 9.99. The van der Waals surface area contributed by atoms with Gasteiger partial charge in [0.2, 0.25) is 0 Å². The molecule has 1 fully saturated rings. The lowest BCUT2D eigenvalue weighted by molar-refractivity contribution is 0.197. The zero-order valence-corrected chi connectivity index (χ0v) is 10.00. The molecule has 0 atom stereocenters. The quantitative estimate of drug-likeness (QED) is 0.531. The van der Waals surface area contributed by atoms with Crippen LogP contribution in [-0.2, 0) is 0 Å². The Kier molecular flexibility index (Phi) is 5.47. The number of nitrogens with zero attached hydrogens (tertiary/aromatic N) is 2. The van der Waals surface area contributed by atoms with Crippen LogP contribution in [0.3, 0.4) is 0 Å². The van der Waals surface area contributed by atoms with E-state index in [4.69, 9.17) is 5.73 Å². The van der Waals surface area contributed by atoms with Crippen molar-refractivity contribution in [2.45, 2.75) is 26.7 Å². The first-order valence-corrected chi connectivity index (χ1v) is 5.98. The molecule has 1 aliphatic rings. The van der Waals surface area contributed by atoms with Crippen LogP contribution < -0.4 is 11.1 Å². The summed E-state index contributed by atoms with van der Waals surface area (Å²) in [4.78, 5) is 6.74.